The molecule has 0 atom stereocenters. The van der Waals surface area contributed by atoms with Gasteiger partial charge in [-0.15, -0.1) is 0 Å². The number of hydrogen-bond acceptors (Lipinski definition) is 4. The van der Waals surface area contributed by atoms with Crippen LogP contribution >= 0.6 is 0 Å². The molecule has 26 heavy (non-hydrogen) atoms. The molecule has 1 aliphatic rings. The van der Waals surface area contributed by atoms with Crippen molar-refractivity contribution in [2.45, 2.75) is 57.4 Å². The fourth-order valence-corrected chi connectivity index (χ4v) is 3.39. The van der Waals surface area contributed by atoms with Crippen molar-refractivity contribution in [3.63, 3.8) is 0 Å². The molecule has 1 heterocycles. The molecule has 0 saturated heterocycles. The smallest absolute Gasteiger partial charge is 0.270 e. The molecule has 0 spiro atoms. The van der Waals surface area contributed by atoms with Gasteiger partial charge in [0, 0.05) is 18.8 Å². The number of benzene rings is 1. The zero-order valence-corrected chi connectivity index (χ0v) is 15.3. The molecule has 1 fully saturated rings. The molecule has 1 aliphatic carbocycles. The van der Waals surface area contributed by atoms with Crippen molar-refractivity contribution in [2.75, 3.05) is 11.9 Å². The van der Waals surface area contributed by atoms with Gasteiger partial charge in [0.25, 0.3) is 5.91 Å². The second-order valence-corrected chi connectivity index (χ2v) is 6.94. The fraction of sp³-hybridized carbons (Fsp3) is 0.476. The first kappa shape index (κ1) is 18.4. The summed E-state index contributed by atoms with van der Waals surface area (Å²) >= 11 is 0. The second-order valence-electron chi connectivity index (χ2n) is 6.94. The maximum Gasteiger partial charge on any atom is 0.270 e. The Bertz CT molecular complexity index is 681. The van der Waals surface area contributed by atoms with E-state index in [2.05, 4.69) is 44.9 Å². The number of carbonyl (C=O) groups is 1. The second kappa shape index (κ2) is 9.90. The molecule has 3 rings (SSSR count). The minimum atomic E-state index is -0.0911. The first-order valence-corrected chi connectivity index (χ1v) is 9.73. The molecule has 2 aromatic rings. The summed E-state index contributed by atoms with van der Waals surface area (Å²) in [6.45, 7) is 0.780. The van der Waals surface area contributed by atoms with E-state index in [1.54, 1.807) is 12.3 Å². The molecular formula is C21H28N4O. The average molecular weight is 352 g/mol. The molecule has 2 N–H and O–H groups in total. The molecule has 5 heteroatoms. The van der Waals surface area contributed by atoms with Gasteiger partial charge in [-0.1, -0.05) is 56.0 Å². The lowest BCUT2D eigenvalue weighted by molar-refractivity contribution is 0.0928. The summed E-state index contributed by atoms with van der Waals surface area (Å²) in [6.07, 6.45) is 10.7. The lowest BCUT2D eigenvalue weighted by Crippen LogP contribution is -2.35. The largest absolute Gasteiger partial charge is 0.354 e. The van der Waals surface area contributed by atoms with E-state index < -0.39 is 0 Å². The molecule has 0 unspecified atom stereocenters. The zero-order valence-electron chi connectivity index (χ0n) is 15.3. The Morgan fingerprint density at radius 1 is 1.04 bits per heavy atom. The molecular weight excluding hydrogens is 324 g/mol. The highest BCUT2D eigenvalue weighted by Crippen LogP contribution is 2.17. The van der Waals surface area contributed by atoms with Gasteiger partial charge in [-0.2, -0.15) is 0 Å². The lowest BCUT2D eigenvalue weighted by Gasteiger charge is -2.16. The number of nitrogens with zero attached hydrogens (tertiary/aromatic N) is 2. The SMILES string of the molecule is O=C(NC1CCCCCC1)c1ccnc(NCCCc2ccccc2)n1. The zero-order chi connectivity index (χ0) is 18.0. The van der Waals surface area contributed by atoms with Gasteiger partial charge < -0.3 is 10.6 Å². The summed E-state index contributed by atoms with van der Waals surface area (Å²) in [4.78, 5) is 21.1. The Labute approximate surface area is 155 Å². The molecule has 0 aliphatic heterocycles. The third kappa shape index (κ3) is 5.83. The van der Waals surface area contributed by atoms with Crippen LogP contribution in [0.4, 0.5) is 5.95 Å². The number of anilines is 1. The summed E-state index contributed by atoms with van der Waals surface area (Å²) in [7, 11) is 0. The summed E-state index contributed by atoms with van der Waals surface area (Å²) in [6, 6.07) is 12.4. The molecule has 1 aromatic heterocycles. The van der Waals surface area contributed by atoms with Crippen molar-refractivity contribution >= 4 is 11.9 Å². The van der Waals surface area contributed by atoms with Crippen LogP contribution in [0.1, 0.15) is 61.0 Å². The predicted octanol–water partition coefficient (Wildman–Crippen LogP) is 3.97. The van der Waals surface area contributed by atoms with Crippen LogP contribution in [-0.2, 0) is 6.42 Å². The number of rotatable bonds is 7. The van der Waals surface area contributed by atoms with Gasteiger partial charge in [0.05, 0.1) is 0 Å². The summed E-state index contributed by atoms with van der Waals surface area (Å²) in [5.41, 5.74) is 1.77. The Morgan fingerprint density at radius 3 is 2.58 bits per heavy atom. The van der Waals surface area contributed by atoms with E-state index in [0.717, 1.165) is 32.2 Å². The predicted molar refractivity (Wildman–Crippen MR) is 104 cm³/mol. The van der Waals surface area contributed by atoms with E-state index in [-0.39, 0.29) is 11.9 Å². The van der Waals surface area contributed by atoms with Gasteiger partial charge in [0.2, 0.25) is 5.95 Å². The Kier molecular flexibility index (Phi) is 6.99. The number of hydrogen-bond donors (Lipinski definition) is 2. The summed E-state index contributed by atoms with van der Waals surface area (Å²) in [5, 5.41) is 6.36. The molecule has 0 bridgehead atoms. The minimum Gasteiger partial charge on any atom is -0.354 e. The fourth-order valence-electron chi connectivity index (χ4n) is 3.39. The Balaban J connectivity index is 1.46. The van der Waals surface area contributed by atoms with Gasteiger partial charge in [0.1, 0.15) is 5.69 Å². The standard InChI is InChI=1S/C21H28N4O/c26-20(24-18-12-6-1-2-7-13-18)19-14-16-23-21(25-19)22-15-8-11-17-9-4-3-5-10-17/h3-5,9-10,14,16,18H,1-2,6-8,11-13,15H2,(H,24,26)(H,22,23,25). The van der Waals surface area contributed by atoms with Crippen molar-refractivity contribution in [2.24, 2.45) is 0 Å². The Hall–Kier alpha value is -2.43. The first-order valence-electron chi connectivity index (χ1n) is 9.73. The van der Waals surface area contributed by atoms with Crippen molar-refractivity contribution < 1.29 is 4.79 Å². The highest BCUT2D eigenvalue weighted by atomic mass is 16.1. The third-order valence-electron chi connectivity index (χ3n) is 4.85. The molecule has 138 valence electrons. The quantitative estimate of drug-likeness (QED) is 0.584. The molecule has 1 saturated carbocycles. The van der Waals surface area contributed by atoms with Crippen LogP contribution in [0.15, 0.2) is 42.6 Å². The number of carbonyl (C=O) groups excluding carboxylic acids is 1. The number of aromatic nitrogens is 2. The van der Waals surface area contributed by atoms with Crippen LogP contribution in [0, 0.1) is 0 Å². The van der Waals surface area contributed by atoms with Gasteiger partial charge in [-0.3, -0.25) is 4.79 Å². The van der Waals surface area contributed by atoms with E-state index >= 15 is 0 Å². The maximum atomic E-state index is 12.5. The number of nitrogens with one attached hydrogen (secondary N) is 2. The van der Waals surface area contributed by atoms with Crippen molar-refractivity contribution in [1.29, 1.82) is 0 Å². The van der Waals surface area contributed by atoms with Crippen molar-refractivity contribution in [3.05, 3.63) is 53.9 Å². The monoisotopic (exact) mass is 352 g/mol. The average Bonchev–Trinajstić information content (AvgIpc) is 2.95. The van der Waals surface area contributed by atoms with E-state index in [0.29, 0.717) is 11.6 Å². The van der Waals surface area contributed by atoms with E-state index in [1.807, 2.05) is 6.07 Å². The van der Waals surface area contributed by atoms with Gasteiger partial charge >= 0.3 is 0 Å². The van der Waals surface area contributed by atoms with E-state index in [1.165, 1.54) is 31.2 Å². The van der Waals surface area contributed by atoms with Gasteiger partial charge in [0.15, 0.2) is 0 Å². The van der Waals surface area contributed by atoms with Crippen LogP contribution < -0.4 is 10.6 Å². The van der Waals surface area contributed by atoms with Crippen LogP contribution in [0.5, 0.6) is 0 Å². The molecule has 5 nitrogen and oxygen atoms in total. The number of aryl methyl sites for hydroxylation is 1. The van der Waals surface area contributed by atoms with Crippen LogP contribution in [0.3, 0.4) is 0 Å². The van der Waals surface area contributed by atoms with Crippen LogP contribution in [-0.4, -0.2) is 28.5 Å². The lowest BCUT2D eigenvalue weighted by atomic mass is 10.1. The van der Waals surface area contributed by atoms with Crippen molar-refractivity contribution in [3.8, 4) is 0 Å². The molecule has 1 amide bonds. The third-order valence-corrected chi connectivity index (χ3v) is 4.85. The number of amides is 1. The van der Waals surface area contributed by atoms with Crippen LogP contribution in [0.2, 0.25) is 0 Å². The first-order chi connectivity index (χ1) is 12.8. The van der Waals surface area contributed by atoms with Crippen LogP contribution in [0.25, 0.3) is 0 Å². The highest BCUT2D eigenvalue weighted by Gasteiger charge is 2.16. The topological polar surface area (TPSA) is 66.9 Å². The van der Waals surface area contributed by atoms with Crippen molar-refractivity contribution in [1.82, 2.24) is 15.3 Å². The summed E-state index contributed by atoms with van der Waals surface area (Å²) < 4.78 is 0. The maximum absolute atomic E-state index is 12.5. The summed E-state index contributed by atoms with van der Waals surface area (Å²) in [5.74, 6) is 0.429. The molecule has 1 aromatic carbocycles. The van der Waals surface area contributed by atoms with E-state index in [9.17, 15) is 4.79 Å². The normalized spacial score (nSPS) is 15.2. The Morgan fingerprint density at radius 2 is 1.81 bits per heavy atom. The van der Waals surface area contributed by atoms with Gasteiger partial charge in [-0.05, 0) is 37.3 Å². The molecule has 0 radical (unpaired) electrons. The van der Waals surface area contributed by atoms with E-state index in [4.69, 9.17) is 0 Å². The highest BCUT2D eigenvalue weighted by molar-refractivity contribution is 5.92. The minimum absolute atomic E-state index is 0.0911. The van der Waals surface area contributed by atoms with Gasteiger partial charge in [-0.25, -0.2) is 9.97 Å².